The number of aromatic nitrogens is 1. The van der Waals surface area contributed by atoms with Crippen LogP contribution in [0.4, 0.5) is 0 Å². The van der Waals surface area contributed by atoms with Gasteiger partial charge in [-0.05, 0) is 35.2 Å². The summed E-state index contributed by atoms with van der Waals surface area (Å²) in [6.07, 6.45) is 0.623. The molecular formula is C27H27ClN4O3S. The van der Waals surface area contributed by atoms with E-state index in [0.29, 0.717) is 29.5 Å². The molecule has 0 saturated carbocycles. The highest BCUT2D eigenvalue weighted by Gasteiger charge is 2.35. The van der Waals surface area contributed by atoms with Crippen LogP contribution in [-0.2, 0) is 17.8 Å². The van der Waals surface area contributed by atoms with E-state index in [0.717, 1.165) is 26.9 Å². The molecule has 2 aromatic heterocycles. The van der Waals surface area contributed by atoms with Gasteiger partial charge in [-0.1, -0.05) is 66.2 Å². The van der Waals surface area contributed by atoms with E-state index in [1.54, 1.807) is 6.07 Å². The van der Waals surface area contributed by atoms with Crippen LogP contribution in [0.25, 0.3) is 10.2 Å². The van der Waals surface area contributed by atoms with Crippen LogP contribution in [0.15, 0.2) is 66.7 Å². The molecule has 2 heterocycles. The largest absolute Gasteiger partial charge is 0.395 e. The zero-order chi connectivity index (χ0) is 25.1. The van der Waals surface area contributed by atoms with Gasteiger partial charge in [0, 0.05) is 18.5 Å². The normalized spacial score (nSPS) is 16.9. The monoisotopic (exact) mass is 522 g/mol. The predicted octanol–water partition coefficient (Wildman–Crippen LogP) is 3.89. The Morgan fingerprint density at radius 3 is 2.64 bits per heavy atom. The summed E-state index contributed by atoms with van der Waals surface area (Å²) in [5.41, 5.74) is 3.64. The lowest BCUT2D eigenvalue weighted by molar-refractivity contribution is -0.123. The van der Waals surface area contributed by atoms with Crippen molar-refractivity contribution in [1.82, 2.24) is 20.5 Å². The molecule has 4 aromatic rings. The van der Waals surface area contributed by atoms with Crippen LogP contribution in [0.3, 0.4) is 0 Å². The highest BCUT2D eigenvalue weighted by molar-refractivity contribution is 7.22. The lowest BCUT2D eigenvalue weighted by Gasteiger charge is -2.26. The average Bonchev–Trinajstić information content (AvgIpc) is 3.51. The lowest BCUT2D eigenvalue weighted by Crippen LogP contribution is -2.47. The van der Waals surface area contributed by atoms with Gasteiger partial charge in [0.15, 0.2) is 0 Å². The molecular weight excluding hydrogens is 496 g/mol. The molecule has 5 rings (SSSR count). The third kappa shape index (κ3) is 5.47. The van der Waals surface area contributed by atoms with Crippen LogP contribution in [0.1, 0.15) is 33.2 Å². The van der Waals surface area contributed by atoms with Crippen LogP contribution in [-0.4, -0.2) is 52.5 Å². The maximum absolute atomic E-state index is 13.1. The van der Waals surface area contributed by atoms with Crippen molar-refractivity contribution in [1.29, 1.82) is 0 Å². The van der Waals surface area contributed by atoms with Gasteiger partial charge in [-0.3, -0.25) is 14.5 Å². The number of hydrogen-bond donors (Lipinski definition) is 4. The number of rotatable bonds is 9. The van der Waals surface area contributed by atoms with Crippen LogP contribution in [0.2, 0.25) is 4.34 Å². The summed E-state index contributed by atoms with van der Waals surface area (Å²) < 4.78 is 0.666. The van der Waals surface area contributed by atoms with Gasteiger partial charge in [-0.15, -0.1) is 11.3 Å². The van der Waals surface area contributed by atoms with Crippen molar-refractivity contribution >= 4 is 45.0 Å². The Labute approximate surface area is 218 Å². The van der Waals surface area contributed by atoms with Crippen LogP contribution >= 0.6 is 22.9 Å². The van der Waals surface area contributed by atoms with E-state index in [1.807, 2.05) is 65.6 Å². The molecule has 0 radical (unpaired) electrons. The minimum atomic E-state index is -0.351. The number of aliphatic hydroxyl groups is 1. The first kappa shape index (κ1) is 24.5. The van der Waals surface area contributed by atoms with Gasteiger partial charge >= 0.3 is 0 Å². The summed E-state index contributed by atoms with van der Waals surface area (Å²) in [4.78, 5) is 32.1. The number of thiophene rings is 1. The quantitative estimate of drug-likeness (QED) is 0.268. The molecule has 4 N–H and O–H groups in total. The molecule has 36 heavy (non-hydrogen) atoms. The molecule has 7 nitrogen and oxygen atoms in total. The molecule has 0 aliphatic heterocycles. The molecule has 2 amide bonds. The Morgan fingerprint density at radius 2 is 1.86 bits per heavy atom. The second kappa shape index (κ2) is 10.8. The molecule has 2 aromatic carbocycles. The van der Waals surface area contributed by atoms with Gasteiger partial charge in [0.25, 0.3) is 5.91 Å². The Bertz CT molecular complexity index is 1340. The van der Waals surface area contributed by atoms with Crippen molar-refractivity contribution in [3.8, 4) is 0 Å². The third-order valence-electron chi connectivity index (χ3n) is 6.42. The second-order valence-corrected chi connectivity index (χ2v) is 10.6. The molecule has 1 aliphatic rings. The van der Waals surface area contributed by atoms with E-state index in [9.17, 15) is 14.7 Å². The number of amides is 2. The standard InChI is InChI=1S/C27H27ClN4O3S/c28-23-14-19-13-22(30-27(19)36-23)26(35)29-21-12-18-8-4-5-9-20(18)25(21)31-24(34)16-32(10-11-33)15-17-6-2-1-3-7-17/h1-9,13-14,21,25,30,33H,10-12,15-16H2,(H,29,35)(H,31,34)/t21-,25-/m1/s1. The number of H-pyrrole nitrogens is 1. The number of fused-ring (bicyclic) bond motifs is 2. The van der Waals surface area contributed by atoms with E-state index >= 15 is 0 Å². The fraction of sp³-hybridized carbons (Fsp3) is 0.259. The van der Waals surface area contributed by atoms with Crippen molar-refractivity contribution in [2.45, 2.75) is 25.0 Å². The topological polar surface area (TPSA) is 97.5 Å². The maximum Gasteiger partial charge on any atom is 0.268 e. The average molecular weight is 523 g/mol. The molecule has 9 heteroatoms. The second-order valence-electron chi connectivity index (χ2n) is 8.97. The number of nitrogens with zero attached hydrogens (tertiary/aromatic N) is 1. The molecule has 0 bridgehead atoms. The van der Waals surface area contributed by atoms with Gasteiger partial charge in [0.2, 0.25) is 5.91 Å². The smallest absolute Gasteiger partial charge is 0.268 e. The number of aromatic amines is 1. The summed E-state index contributed by atoms with van der Waals surface area (Å²) in [5, 5.41) is 16.7. The lowest BCUT2D eigenvalue weighted by atomic mass is 10.1. The molecule has 0 spiro atoms. The highest BCUT2D eigenvalue weighted by Crippen LogP contribution is 2.32. The first-order valence-corrected chi connectivity index (χ1v) is 13.0. The Kier molecular flexibility index (Phi) is 7.38. The fourth-order valence-corrected chi connectivity index (χ4v) is 5.91. The van der Waals surface area contributed by atoms with Crippen LogP contribution in [0, 0.1) is 0 Å². The molecule has 186 valence electrons. The van der Waals surface area contributed by atoms with E-state index in [2.05, 4.69) is 15.6 Å². The Balaban J connectivity index is 1.29. The van der Waals surface area contributed by atoms with Crippen molar-refractivity contribution in [2.75, 3.05) is 19.7 Å². The Hall–Kier alpha value is -3.17. The summed E-state index contributed by atoms with van der Waals surface area (Å²) in [7, 11) is 0. The fourth-order valence-electron chi connectivity index (χ4n) is 4.79. The van der Waals surface area contributed by atoms with Crippen LogP contribution < -0.4 is 10.6 Å². The number of carbonyl (C=O) groups excluding carboxylic acids is 2. The summed E-state index contributed by atoms with van der Waals surface area (Å²) in [5.74, 6) is -0.382. The number of aliphatic hydroxyl groups excluding tert-OH is 1. The molecule has 0 unspecified atom stereocenters. The van der Waals surface area contributed by atoms with Gasteiger partial charge in [-0.2, -0.15) is 0 Å². The molecule has 2 atom stereocenters. The van der Waals surface area contributed by atoms with E-state index < -0.39 is 0 Å². The molecule has 0 saturated heterocycles. The molecule has 0 fully saturated rings. The van der Waals surface area contributed by atoms with Gasteiger partial charge in [-0.25, -0.2) is 0 Å². The number of carbonyl (C=O) groups is 2. The summed E-state index contributed by atoms with van der Waals surface area (Å²) in [6.45, 7) is 1.05. The van der Waals surface area contributed by atoms with Crippen molar-refractivity contribution < 1.29 is 14.7 Å². The predicted molar refractivity (Wildman–Crippen MR) is 142 cm³/mol. The van der Waals surface area contributed by atoms with Crippen molar-refractivity contribution in [3.05, 3.63) is 93.5 Å². The SMILES string of the molecule is O=C(CN(CCO)Cc1ccccc1)N[C@@H]1c2ccccc2C[C@H]1NC(=O)c1cc2cc(Cl)sc2[nH]1. The number of halogens is 1. The highest BCUT2D eigenvalue weighted by atomic mass is 35.5. The van der Waals surface area contributed by atoms with Gasteiger partial charge < -0.3 is 20.7 Å². The first-order valence-electron chi connectivity index (χ1n) is 11.8. The third-order valence-corrected chi connectivity index (χ3v) is 7.62. The van der Waals surface area contributed by atoms with E-state index in [1.165, 1.54) is 11.3 Å². The zero-order valence-corrected chi connectivity index (χ0v) is 21.1. The van der Waals surface area contributed by atoms with Crippen molar-refractivity contribution in [3.63, 3.8) is 0 Å². The van der Waals surface area contributed by atoms with Crippen molar-refractivity contribution in [2.24, 2.45) is 0 Å². The summed E-state index contributed by atoms with van der Waals surface area (Å²) >= 11 is 7.45. The van der Waals surface area contributed by atoms with Crippen LogP contribution in [0.5, 0.6) is 0 Å². The van der Waals surface area contributed by atoms with E-state index in [4.69, 9.17) is 11.6 Å². The Morgan fingerprint density at radius 1 is 1.08 bits per heavy atom. The van der Waals surface area contributed by atoms with Gasteiger partial charge in [0.1, 0.15) is 10.5 Å². The number of hydrogen-bond acceptors (Lipinski definition) is 5. The number of nitrogens with one attached hydrogen (secondary N) is 3. The maximum atomic E-state index is 13.1. The van der Waals surface area contributed by atoms with Gasteiger partial charge in [0.05, 0.1) is 29.6 Å². The first-order chi connectivity index (χ1) is 17.5. The molecule has 1 aliphatic carbocycles. The number of benzene rings is 2. The van der Waals surface area contributed by atoms with E-state index in [-0.39, 0.29) is 37.0 Å². The zero-order valence-electron chi connectivity index (χ0n) is 19.5. The summed E-state index contributed by atoms with van der Waals surface area (Å²) in [6, 6.07) is 20.8. The minimum absolute atomic E-state index is 0.0378. The minimum Gasteiger partial charge on any atom is -0.395 e.